The van der Waals surface area contributed by atoms with Crippen molar-refractivity contribution in [1.29, 1.82) is 0 Å². The largest absolute Gasteiger partial charge is 0.381 e. The number of rotatable bonds is 7. The van der Waals surface area contributed by atoms with Crippen molar-refractivity contribution < 1.29 is 4.74 Å². The van der Waals surface area contributed by atoms with Gasteiger partial charge in [-0.15, -0.1) is 0 Å². The van der Waals surface area contributed by atoms with Crippen LogP contribution in [-0.2, 0) is 16.6 Å². The minimum Gasteiger partial charge on any atom is -0.381 e. The van der Waals surface area contributed by atoms with Gasteiger partial charge in [0.2, 0.25) is 0 Å². The van der Waals surface area contributed by atoms with E-state index in [1.54, 1.807) is 0 Å². The van der Waals surface area contributed by atoms with Crippen molar-refractivity contribution in [3.63, 3.8) is 0 Å². The number of nitrogens with zero attached hydrogens (tertiary/aromatic N) is 2. The molecule has 0 spiro atoms. The molecule has 1 aliphatic heterocycles. The van der Waals surface area contributed by atoms with Crippen LogP contribution in [0.25, 0.3) is 0 Å². The first-order chi connectivity index (χ1) is 14.1. The molecule has 0 bridgehead atoms. The monoisotopic (exact) mass is 434 g/mol. The Balaban J connectivity index is 1.73. The number of benzene rings is 1. The van der Waals surface area contributed by atoms with Crippen LogP contribution >= 0.6 is 23.2 Å². The zero-order chi connectivity index (χ0) is 20.5. The molecule has 1 saturated heterocycles. The molecule has 0 atom stereocenters. The molecule has 3 rings (SSSR count). The maximum Gasteiger partial charge on any atom is 0.191 e. The Kier molecular flexibility index (Phi) is 8.16. The van der Waals surface area contributed by atoms with E-state index in [1.807, 2.05) is 42.6 Å². The number of nitrogens with one attached hydrogen (secondary N) is 2. The Morgan fingerprint density at radius 2 is 2.00 bits per heavy atom. The normalized spacial score (nSPS) is 16.4. The SMILES string of the molecule is CCNC(=NCC1(c2ccc(Cl)cc2Cl)CCOCC1)NCCc1ccccn1. The van der Waals surface area contributed by atoms with Crippen molar-refractivity contribution in [1.82, 2.24) is 15.6 Å². The number of halogens is 2. The first-order valence-corrected chi connectivity index (χ1v) is 10.8. The summed E-state index contributed by atoms with van der Waals surface area (Å²) in [5, 5.41) is 8.09. The summed E-state index contributed by atoms with van der Waals surface area (Å²) >= 11 is 12.7. The highest BCUT2D eigenvalue weighted by Crippen LogP contribution is 2.39. The van der Waals surface area contributed by atoms with Gasteiger partial charge >= 0.3 is 0 Å². The van der Waals surface area contributed by atoms with Gasteiger partial charge in [-0.1, -0.05) is 35.3 Å². The molecule has 156 valence electrons. The van der Waals surface area contributed by atoms with E-state index in [1.165, 1.54) is 0 Å². The molecule has 1 aromatic carbocycles. The molecule has 0 unspecified atom stereocenters. The summed E-state index contributed by atoms with van der Waals surface area (Å²) in [5.74, 6) is 0.805. The number of hydrogen-bond donors (Lipinski definition) is 2. The molecule has 0 radical (unpaired) electrons. The van der Waals surface area contributed by atoms with Gasteiger partial charge < -0.3 is 15.4 Å². The van der Waals surface area contributed by atoms with Gasteiger partial charge in [0.15, 0.2) is 5.96 Å². The highest BCUT2D eigenvalue weighted by molar-refractivity contribution is 6.35. The smallest absolute Gasteiger partial charge is 0.191 e. The molecule has 2 aromatic rings. The predicted molar refractivity (Wildman–Crippen MR) is 120 cm³/mol. The van der Waals surface area contributed by atoms with Crippen molar-refractivity contribution in [3.05, 3.63) is 63.9 Å². The van der Waals surface area contributed by atoms with Crippen LogP contribution in [0.3, 0.4) is 0 Å². The third kappa shape index (κ3) is 6.08. The topological polar surface area (TPSA) is 58.5 Å². The lowest BCUT2D eigenvalue weighted by Crippen LogP contribution is -2.42. The standard InChI is InChI=1S/C22H28Cl2N4O/c1-2-25-21(27-12-8-18-5-3-4-11-26-18)28-16-22(9-13-29-14-10-22)19-7-6-17(23)15-20(19)24/h3-7,11,15H,2,8-10,12-14,16H2,1H3,(H2,25,27,28). The molecule has 1 aromatic heterocycles. The highest BCUT2D eigenvalue weighted by atomic mass is 35.5. The Labute approximate surface area is 182 Å². The number of ether oxygens (including phenoxy) is 1. The van der Waals surface area contributed by atoms with Crippen LogP contribution in [0, 0.1) is 0 Å². The first kappa shape index (κ1) is 21.9. The number of hydrogen-bond acceptors (Lipinski definition) is 3. The number of pyridine rings is 1. The van der Waals surface area contributed by atoms with Crippen LogP contribution in [-0.4, -0.2) is 43.8 Å². The van der Waals surface area contributed by atoms with E-state index < -0.39 is 0 Å². The van der Waals surface area contributed by atoms with E-state index in [0.717, 1.165) is 49.6 Å². The lowest BCUT2D eigenvalue weighted by Gasteiger charge is -2.37. The quantitative estimate of drug-likeness (QED) is 0.505. The molecular weight excluding hydrogens is 407 g/mol. The number of aromatic nitrogens is 1. The molecule has 0 saturated carbocycles. The van der Waals surface area contributed by atoms with Gasteiger partial charge in [0.05, 0.1) is 6.54 Å². The van der Waals surface area contributed by atoms with Crippen LogP contribution in [0.4, 0.5) is 0 Å². The zero-order valence-electron chi connectivity index (χ0n) is 16.8. The molecule has 2 N–H and O–H groups in total. The van der Waals surface area contributed by atoms with Crippen molar-refractivity contribution in [2.75, 3.05) is 32.8 Å². The summed E-state index contributed by atoms with van der Waals surface area (Å²) < 4.78 is 5.62. The Bertz CT molecular complexity index is 808. The zero-order valence-corrected chi connectivity index (χ0v) is 18.3. The minimum absolute atomic E-state index is 0.150. The van der Waals surface area contributed by atoms with E-state index in [-0.39, 0.29) is 5.41 Å². The molecule has 5 nitrogen and oxygen atoms in total. The Hall–Kier alpha value is -1.82. The van der Waals surface area contributed by atoms with Crippen LogP contribution in [0.15, 0.2) is 47.6 Å². The summed E-state index contributed by atoms with van der Waals surface area (Å²) in [6.07, 6.45) is 4.42. The Morgan fingerprint density at radius 1 is 1.17 bits per heavy atom. The highest BCUT2D eigenvalue weighted by Gasteiger charge is 2.36. The Morgan fingerprint density at radius 3 is 2.69 bits per heavy atom. The van der Waals surface area contributed by atoms with Gasteiger partial charge in [-0.05, 0) is 49.6 Å². The molecule has 0 aliphatic carbocycles. The molecule has 1 fully saturated rings. The van der Waals surface area contributed by atoms with Crippen molar-refractivity contribution in [2.24, 2.45) is 4.99 Å². The first-order valence-electron chi connectivity index (χ1n) is 10.1. The fourth-order valence-corrected chi connectivity index (χ4v) is 4.23. The number of guanidine groups is 1. The second kappa shape index (κ2) is 10.8. The van der Waals surface area contributed by atoms with Crippen molar-refractivity contribution >= 4 is 29.2 Å². The third-order valence-corrected chi connectivity index (χ3v) is 5.78. The minimum atomic E-state index is -0.150. The summed E-state index contributed by atoms with van der Waals surface area (Å²) in [7, 11) is 0. The van der Waals surface area contributed by atoms with Crippen LogP contribution in [0.1, 0.15) is 31.0 Å². The number of aliphatic imine (C=N–C) groups is 1. The van der Waals surface area contributed by atoms with E-state index in [9.17, 15) is 0 Å². The van der Waals surface area contributed by atoms with Crippen LogP contribution < -0.4 is 10.6 Å². The van der Waals surface area contributed by atoms with Gasteiger partial charge in [-0.25, -0.2) is 0 Å². The second-order valence-electron chi connectivity index (χ2n) is 7.21. The van der Waals surface area contributed by atoms with E-state index >= 15 is 0 Å². The maximum atomic E-state index is 6.57. The fraction of sp³-hybridized carbons (Fsp3) is 0.455. The van der Waals surface area contributed by atoms with Gasteiger partial charge in [-0.2, -0.15) is 0 Å². The lowest BCUT2D eigenvalue weighted by atomic mass is 9.74. The molecular formula is C22H28Cl2N4O. The lowest BCUT2D eigenvalue weighted by molar-refractivity contribution is 0.0531. The predicted octanol–water partition coefficient (Wildman–Crippen LogP) is 4.23. The van der Waals surface area contributed by atoms with E-state index in [4.69, 9.17) is 32.9 Å². The summed E-state index contributed by atoms with van der Waals surface area (Å²) in [4.78, 5) is 9.28. The van der Waals surface area contributed by atoms with Gasteiger partial charge in [0, 0.05) is 60.1 Å². The summed E-state index contributed by atoms with van der Waals surface area (Å²) in [6, 6.07) is 11.7. The molecule has 0 amide bonds. The van der Waals surface area contributed by atoms with Gasteiger partial charge in [0.25, 0.3) is 0 Å². The average molecular weight is 435 g/mol. The summed E-state index contributed by atoms with van der Waals surface area (Å²) in [5.41, 5.74) is 2.01. The van der Waals surface area contributed by atoms with E-state index in [2.05, 4.69) is 22.5 Å². The summed E-state index contributed by atoms with van der Waals surface area (Å²) in [6.45, 7) is 5.68. The fourth-order valence-electron chi connectivity index (χ4n) is 3.62. The van der Waals surface area contributed by atoms with Crippen LogP contribution in [0.2, 0.25) is 10.0 Å². The van der Waals surface area contributed by atoms with E-state index in [0.29, 0.717) is 29.8 Å². The maximum absolute atomic E-state index is 6.57. The molecule has 29 heavy (non-hydrogen) atoms. The molecule has 7 heteroatoms. The van der Waals surface area contributed by atoms with Crippen molar-refractivity contribution in [2.45, 2.75) is 31.6 Å². The molecule has 1 aliphatic rings. The second-order valence-corrected chi connectivity index (χ2v) is 8.05. The van der Waals surface area contributed by atoms with Crippen LogP contribution in [0.5, 0.6) is 0 Å². The van der Waals surface area contributed by atoms with Crippen molar-refractivity contribution in [3.8, 4) is 0 Å². The average Bonchev–Trinajstić information content (AvgIpc) is 2.73. The third-order valence-electron chi connectivity index (χ3n) is 5.24. The van der Waals surface area contributed by atoms with Gasteiger partial charge in [-0.3, -0.25) is 9.98 Å². The van der Waals surface area contributed by atoms with Gasteiger partial charge in [0.1, 0.15) is 0 Å². The molecule has 2 heterocycles.